The molecule has 0 saturated carbocycles. The summed E-state index contributed by atoms with van der Waals surface area (Å²) < 4.78 is 0. The van der Waals surface area contributed by atoms with Gasteiger partial charge in [0.2, 0.25) is 0 Å². The van der Waals surface area contributed by atoms with Gasteiger partial charge in [-0.05, 0) is 25.6 Å². The Morgan fingerprint density at radius 3 is 3.00 bits per heavy atom. The SMILES string of the molecule is CSCCN1CCCCC1C(N)=S. The van der Waals surface area contributed by atoms with Crippen LogP contribution in [0.3, 0.4) is 0 Å². The number of hydrogen-bond acceptors (Lipinski definition) is 3. The fraction of sp³-hybridized carbons (Fsp3) is 0.889. The lowest BCUT2D eigenvalue weighted by Crippen LogP contribution is -2.47. The third kappa shape index (κ3) is 3.44. The van der Waals surface area contributed by atoms with E-state index in [4.69, 9.17) is 18.0 Å². The topological polar surface area (TPSA) is 29.3 Å². The summed E-state index contributed by atoms with van der Waals surface area (Å²) in [6.45, 7) is 2.30. The molecular weight excluding hydrogens is 200 g/mol. The van der Waals surface area contributed by atoms with E-state index in [9.17, 15) is 0 Å². The Balaban J connectivity index is 2.41. The van der Waals surface area contributed by atoms with Crippen LogP contribution in [0.25, 0.3) is 0 Å². The largest absolute Gasteiger partial charge is 0.392 e. The van der Waals surface area contributed by atoms with Crippen LogP contribution in [0.15, 0.2) is 0 Å². The van der Waals surface area contributed by atoms with Gasteiger partial charge in [-0.3, -0.25) is 4.90 Å². The Bertz CT molecular complexity index is 173. The molecule has 0 aromatic rings. The van der Waals surface area contributed by atoms with E-state index in [1.165, 1.54) is 25.1 Å². The summed E-state index contributed by atoms with van der Waals surface area (Å²) in [5.74, 6) is 1.18. The highest BCUT2D eigenvalue weighted by molar-refractivity contribution is 7.98. The van der Waals surface area contributed by atoms with E-state index in [-0.39, 0.29) is 0 Å². The summed E-state index contributed by atoms with van der Waals surface area (Å²) in [7, 11) is 0. The molecule has 0 radical (unpaired) electrons. The van der Waals surface area contributed by atoms with Gasteiger partial charge in [-0.25, -0.2) is 0 Å². The molecule has 1 fully saturated rings. The number of hydrogen-bond donors (Lipinski definition) is 1. The molecule has 1 aliphatic heterocycles. The van der Waals surface area contributed by atoms with E-state index in [1.807, 2.05) is 11.8 Å². The van der Waals surface area contributed by atoms with Gasteiger partial charge in [-0.15, -0.1) is 0 Å². The van der Waals surface area contributed by atoms with Gasteiger partial charge in [0.05, 0.1) is 11.0 Å². The van der Waals surface area contributed by atoms with Crippen LogP contribution in [0.5, 0.6) is 0 Å². The van der Waals surface area contributed by atoms with E-state index < -0.39 is 0 Å². The van der Waals surface area contributed by atoms with Crippen molar-refractivity contribution >= 4 is 29.0 Å². The van der Waals surface area contributed by atoms with Crippen LogP contribution in [-0.2, 0) is 0 Å². The Labute approximate surface area is 90.2 Å². The van der Waals surface area contributed by atoms with Gasteiger partial charge in [0.25, 0.3) is 0 Å². The lowest BCUT2D eigenvalue weighted by atomic mass is 10.0. The smallest absolute Gasteiger partial charge is 0.0902 e. The summed E-state index contributed by atoms with van der Waals surface area (Å²) in [5, 5.41) is 0. The van der Waals surface area contributed by atoms with Gasteiger partial charge in [-0.1, -0.05) is 18.6 Å². The van der Waals surface area contributed by atoms with Crippen LogP contribution in [0.2, 0.25) is 0 Å². The Kier molecular flexibility index (Phi) is 5.06. The first-order valence-corrected chi connectivity index (χ1v) is 6.58. The van der Waals surface area contributed by atoms with Crippen molar-refractivity contribution in [2.24, 2.45) is 5.73 Å². The maximum absolute atomic E-state index is 5.71. The molecule has 0 aromatic heterocycles. The molecule has 2 N–H and O–H groups in total. The zero-order valence-electron chi connectivity index (χ0n) is 8.16. The lowest BCUT2D eigenvalue weighted by molar-refractivity contribution is 0.204. The molecule has 2 nitrogen and oxygen atoms in total. The normalized spacial score (nSPS) is 24.5. The molecule has 0 bridgehead atoms. The van der Waals surface area contributed by atoms with Crippen molar-refractivity contribution in [3.05, 3.63) is 0 Å². The summed E-state index contributed by atoms with van der Waals surface area (Å²) in [6.07, 6.45) is 5.87. The van der Waals surface area contributed by atoms with E-state index in [2.05, 4.69) is 11.2 Å². The number of thioether (sulfide) groups is 1. The molecule has 1 saturated heterocycles. The molecule has 0 aliphatic carbocycles. The number of thiocarbonyl (C=S) groups is 1. The van der Waals surface area contributed by atoms with Crippen molar-refractivity contribution in [3.63, 3.8) is 0 Å². The number of nitrogens with zero attached hydrogens (tertiary/aromatic N) is 1. The average molecular weight is 218 g/mol. The van der Waals surface area contributed by atoms with Crippen LogP contribution >= 0.6 is 24.0 Å². The van der Waals surface area contributed by atoms with Crippen molar-refractivity contribution in [1.82, 2.24) is 4.90 Å². The van der Waals surface area contributed by atoms with Crippen molar-refractivity contribution in [2.45, 2.75) is 25.3 Å². The zero-order chi connectivity index (χ0) is 9.68. The second-order valence-corrected chi connectivity index (χ2v) is 4.90. The second-order valence-electron chi connectivity index (χ2n) is 3.44. The fourth-order valence-electron chi connectivity index (χ4n) is 1.79. The van der Waals surface area contributed by atoms with Gasteiger partial charge >= 0.3 is 0 Å². The predicted molar refractivity (Wildman–Crippen MR) is 64.4 cm³/mol. The zero-order valence-corrected chi connectivity index (χ0v) is 9.79. The van der Waals surface area contributed by atoms with Crippen LogP contribution in [0.4, 0.5) is 0 Å². The first-order chi connectivity index (χ1) is 6.25. The van der Waals surface area contributed by atoms with Crippen molar-refractivity contribution in [1.29, 1.82) is 0 Å². The molecule has 4 heteroatoms. The summed E-state index contributed by atoms with van der Waals surface area (Å²) in [5.41, 5.74) is 5.71. The number of rotatable bonds is 4. The van der Waals surface area contributed by atoms with Gasteiger partial charge < -0.3 is 5.73 Å². The molecule has 1 atom stereocenters. The molecule has 13 heavy (non-hydrogen) atoms. The fourth-order valence-corrected chi connectivity index (χ4v) is 2.47. The number of piperidine rings is 1. The van der Waals surface area contributed by atoms with Crippen molar-refractivity contribution < 1.29 is 0 Å². The summed E-state index contributed by atoms with van der Waals surface area (Å²) >= 11 is 6.96. The summed E-state index contributed by atoms with van der Waals surface area (Å²) in [6, 6.07) is 0.371. The molecule has 1 unspecified atom stereocenters. The third-order valence-corrected chi connectivity index (χ3v) is 3.39. The third-order valence-electron chi connectivity index (χ3n) is 2.52. The second kappa shape index (κ2) is 5.83. The first kappa shape index (κ1) is 11.3. The molecule has 0 spiro atoms. The highest BCUT2D eigenvalue weighted by Crippen LogP contribution is 2.17. The van der Waals surface area contributed by atoms with E-state index in [0.717, 1.165) is 13.0 Å². The van der Waals surface area contributed by atoms with E-state index in [0.29, 0.717) is 11.0 Å². The van der Waals surface area contributed by atoms with Gasteiger partial charge in [0.1, 0.15) is 0 Å². The molecule has 0 amide bonds. The van der Waals surface area contributed by atoms with Crippen LogP contribution in [0.1, 0.15) is 19.3 Å². The molecule has 76 valence electrons. The Morgan fingerprint density at radius 1 is 1.62 bits per heavy atom. The van der Waals surface area contributed by atoms with E-state index >= 15 is 0 Å². The highest BCUT2D eigenvalue weighted by atomic mass is 32.2. The predicted octanol–water partition coefficient (Wildman–Crippen LogP) is 1.49. The molecule has 1 heterocycles. The quantitative estimate of drug-likeness (QED) is 0.724. The van der Waals surface area contributed by atoms with Crippen LogP contribution < -0.4 is 5.73 Å². The monoisotopic (exact) mass is 218 g/mol. The van der Waals surface area contributed by atoms with Crippen LogP contribution in [0, 0.1) is 0 Å². The van der Waals surface area contributed by atoms with Crippen LogP contribution in [-0.4, -0.2) is 41.0 Å². The highest BCUT2D eigenvalue weighted by Gasteiger charge is 2.23. The lowest BCUT2D eigenvalue weighted by Gasteiger charge is -2.34. The molecule has 1 aliphatic rings. The molecular formula is C9H18N2S2. The average Bonchev–Trinajstić information content (AvgIpc) is 2.15. The van der Waals surface area contributed by atoms with Gasteiger partial charge in [0, 0.05) is 12.3 Å². The maximum atomic E-state index is 5.71. The van der Waals surface area contributed by atoms with Gasteiger partial charge in [0.15, 0.2) is 0 Å². The first-order valence-electron chi connectivity index (χ1n) is 4.78. The number of nitrogens with two attached hydrogens (primary N) is 1. The maximum Gasteiger partial charge on any atom is 0.0902 e. The van der Waals surface area contributed by atoms with Crippen molar-refractivity contribution in [2.75, 3.05) is 25.1 Å². The Morgan fingerprint density at radius 2 is 2.38 bits per heavy atom. The minimum atomic E-state index is 0.371. The molecule has 1 rings (SSSR count). The summed E-state index contributed by atoms with van der Waals surface area (Å²) in [4.78, 5) is 3.11. The minimum absolute atomic E-state index is 0.371. The van der Waals surface area contributed by atoms with E-state index in [1.54, 1.807) is 0 Å². The minimum Gasteiger partial charge on any atom is -0.392 e. The number of likely N-dealkylation sites (tertiary alicyclic amines) is 1. The standard InChI is InChI=1S/C9H18N2S2/c1-13-7-6-11-5-3-2-4-8(11)9(10)12/h8H,2-7H2,1H3,(H2,10,12). The van der Waals surface area contributed by atoms with Gasteiger partial charge in [-0.2, -0.15) is 11.8 Å². The molecule has 0 aromatic carbocycles. The Hall–Kier alpha value is 0.200. The van der Waals surface area contributed by atoms with Crippen molar-refractivity contribution in [3.8, 4) is 0 Å².